The second-order valence-electron chi connectivity index (χ2n) is 6.29. The van der Waals surface area contributed by atoms with Gasteiger partial charge in [-0.3, -0.25) is 9.59 Å². The predicted molar refractivity (Wildman–Crippen MR) is 90.6 cm³/mol. The summed E-state index contributed by atoms with van der Waals surface area (Å²) < 4.78 is 6.82. The van der Waals surface area contributed by atoms with Crippen LogP contribution in [0.25, 0.3) is 11.0 Å². The van der Waals surface area contributed by atoms with Crippen LogP contribution in [0, 0.1) is 6.92 Å². The summed E-state index contributed by atoms with van der Waals surface area (Å²) >= 11 is 0. The van der Waals surface area contributed by atoms with E-state index in [9.17, 15) is 9.59 Å². The maximum Gasteiger partial charge on any atom is 0.275 e. The molecule has 2 atom stereocenters. The topological polar surface area (TPSA) is 102 Å². The third-order valence-electron chi connectivity index (χ3n) is 4.51. The van der Waals surface area contributed by atoms with E-state index >= 15 is 0 Å². The Balaban J connectivity index is 1.75. The van der Waals surface area contributed by atoms with Crippen LogP contribution in [0.5, 0.6) is 0 Å². The third-order valence-corrected chi connectivity index (χ3v) is 4.51. The molecule has 0 aromatic carbocycles. The van der Waals surface area contributed by atoms with Crippen molar-refractivity contribution in [1.29, 1.82) is 0 Å². The van der Waals surface area contributed by atoms with Gasteiger partial charge < -0.3 is 19.7 Å². The number of aryl methyl sites for hydroxylation is 1. The largest absolute Gasteiger partial charge is 0.360 e. The van der Waals surface area contributed by atoms with Crippen LogP contribution in [0.15, 0.2) is 28.8 Å². The Labute approximate surface area is 143 Å². The molecule has 0 radical (unpaired) electrons. The predicted octanol–water partition coefficient (Wildman–Crippen LogP) is 2.28. The quantitative estimate of drug-likeness (QED) is 0.746. The molecular formula is C17H17N5O3. The van der Waals surface area contributed by atoms with Gasteiger partial charge in [0.2, 0.25) is 0 Å². The maximum absolute atomic E-state index is 12.4. The lowest BCUT2D eigenvalue weighted by molar-refractivity contribution is 0.0891. The number of amides is 2. The van der Waals surface area contributed by atoms with Gasteiger partial charge in [0.25, 0.3) is 11.8 Å². The number of nitrogens with zero attached hydrogens (tertiary/aromatic N) is 3. The van der Waals surface area contributed by atoms with Crippen molar-refractivity contribution in [2.24, 2.45) is 0 Å². The number of nitrogens with one attached hydrogen (secondary N) is 2. The molecule has 0 aliphatic carbocycles. The number of carbonyl (C=O) groups excluding carboxylic acids is 2. The Morgan fingerprint density at radius 1 is 1.32 bits per heavy atom. The van der Waals surface area contributed by atoms with E-state index in [0.717, 1.165) is 5.39 Å². The lowest BCUT2D eigenvalue weighted by atomic mass is 10.1. The van der Waals surface area contributed by atoms with Crippen LogP contribution in [-0.2, 0) is 0 Å². The lowest BCUT2D eigenvalue weighted by Crippen LogP contribution is -2.44. The molecule has 0 saturated carbocycles. The van der Waals surface area contributed by atoms with E-state index < -0.39 is 0 Å². The van der Waals surface area contributed by atoms with E-state index in [0.29, 0.717) is 22.9 Å². The van der Waals surface area contributed by atoms with Crippen LogP contribution in [0.3, 0.4) is 0 Å². The summed E-state index contributed by atoms with van der Waals surface area (Å²) in [5.41, 5.74) is 1.42. The first-order valence-electron chi connectivity index (χ1n) is 8.01. The van der Waals surface area contributed by atoms with Crippen molar-refractivity contribution in [3.8, 4) is 0 Å². The highest BCUT2D eigenvalue weighted by atomic mass is 16.5. The average Bonchev–Trinajstić information content (AvgIpc) is 3.15. The van der Waals surface area contributed by atoms with Gasteiger partial charge in [-0.2, -0.15) is 0 Å². The summed E-state index contributed by atoms with van der Waals surface area (Å²) in [5.74, 6) is 0.426. The molecule has 4 heterocycles. The van der Waals surface area contributed by atoms with Gasteiger partial charge in [0, 0.05) is 17.5 Å². The highest BCUT2D eigenvalue weighted by molar-refractivity contribution is 6.04. The fourth-order valence-electron chi connectivity index (χ4n) is 3.04. The molecule has 8 heteroatoms. The number of pyridine rings is 1. The van der Waals surface area contributed by atoms with Crippen molar-refractivity contribution >= 4 is 28.7 Å². The van der Waals surface area contributed by atoms with E-state index in [1.54, 1.807) is 31.2 Å². The van der Waals surface area contributed by atoms with Crippen LogP contribution in [0.4, 0.5) is 5.82 Å². The van der Waals surface area contributed by atoms with Crippen LogP contribution in [0.1, 0.15) is 46.6 Å². The van der Waals surface area contributed by atoms with Crippen molar-refractivity contribution in [1.82, 2.24) is 20.0 Å². The van der Waals surface area contributed by atoms with Crippen LogP contribution >= 0.6 is 0 Å². The molecule has 0 bridgehead atoms. The standard InChI is InChI=1S/C17H17N5O3/c1-8-6-14(21-25-8)20-16(23)12-5-4-11-7-13-17(24)18-9(2)10(3)22(13)15(11)19-12/h4-7,9-10H,1-3H3,(H,18,24)(H,20,21,23)/t9-,10-/m1/s1. The second-order valence-corrected chi connectivity index (χ2v) is 6.29. The normalized spacial score (nSPS) is 19.6. The molecular weight excluding hydrogens is 322 g/mol. The first-order valence-corrected chi connectivity index (χ1v) is 8.01. The molecule has 0 fully saturated rings. The van der Waals surface area contributed by atoms with Gasteiger partial charge in [-0.15, -0.1) is 0 Å². The highest BCUT2D eigenvalue weighted by Crippen LogP contribution is 2.28. The molecule has 0 spiro atoms. The molecule has 1 aliphatic rings. The van der Waals surface area contributed by atoms with Gasteiger partial charge in [-0.1, -0.05) is 5.16 Å². The Hall–Kier alpha value is -3.16. The second kappa shape index (κ2) is 5.44. The van der Waals surface area contributed by atoms with Crippen molar-refractivity contribution in [2.45, 2.75) is 32.9 Å². The Morgan fingerprint density at radius 2 is 2.12 bits per heavy atom. The van der Waals surface area contributed by atoms with Crippen LogP contribution in [-0.4, -0.2) is 32.6 Å². The van der Waals surface area contributed by atoms with Gasteiger partial charge in [-0.25, -0.2) is 4.98 Å². The SMILES string of the molecule is Cc1cc(NC(=O)c2ccc3cc4n(c3n2)[C@H](C)[C@@H](C)NC4=O)no1. The van der Waals surface area contributed by atoms with Crippen molar-refractivity contribution in [2.75, 3.05) is 5.32 Å². The Bertz CT molecular complexity index is 1000. The smallest absolute Gasteiger partial charge is 0.275 e. The number of hydrogen-bond donors (Lipinski definition) is 2. The fraction of sp³-hybridized carbons (Fsp3) is 0.294. The van der Waals surface area contributed by atoms with Crippen molar-refractivity contribution < 1.29 is 14.1 Å². The minimum atomic E-state index is -0.383. The summed E-state index contributed by atoms with van der Waals surface area (Å²) in [5, 5.41) is 10.1. The van der Waals surface area contributed by atoms with E-state index in [1.807, 2.05) is 18.4 Å². The molecule has 2 amide bonds. The number of anilines is 1. The number of aromatic nitrogens is 3. The summed E-state index contributed by atoms with van der Waals surface area (Å²) in [6.45, 7) is 5.70. The third kappa shape index (κ3) is 2.46. The van der Waals surface area contributed by atoms with Gasteiger partial charge >= 0.3 is 0 Å². The van der Waals surface area contributed by atoms with E-state index in [1.165, 1.54) is 0 Å². The van der Waals surface area contributed by atoms with Crippen molar-refractivity contribution in [3.63, 3.8) is 0 Å². The Kier molecular flexibility index (Phi) is 3.34. The molecule has 3 aromatic rings. The van der Waals surface area contributed by atoms with Crippen molar-refractivity contribution in [3.05, 3.63) is 41.4 Å². The summed E-state index contributed by atoms with van der Waals surface area (Å²) in [4.78, 5) is 29.1. The van der Waals surface area contributed by atoms with E-state index in [2.05, 4.69) is 20.8 Å². The fourth-order valence-corrected chi connectivity index (χ4v) is 3.04. The van der Waals surface area contributed by atoms with Crippen LogP contribution < -0.4 is 10.6 Å². The molecule has 0 unspecified atom stereocenters. The monoisotopic (exact) mass is 339 g/mol. The van der Waals surface area contributed by atoms with E-state index in [-0.39, 0.29) is 29.6 Å². The lowest BCUT2D eigenvalue weighted by Gasteiger charge is -2.29. The van der Waals surface area contributed by atoms with Gasteiger partial charge in [0.15, 0.2) is 5.82 Å². The van der Waals surface area contributed by atoms with Gasteiger partial charge in [0.1, 0.15) is 22.8 Å². The molecule has 1 aliphatic heterocycles. The zero-order valence-corrected chi connectivity index (χ0v) is 14.0. The molecule has 8 nitrogen and oxygen atoms in total. The maximum atomic E-state index is 12.4. The molecule has 2 N–H and O–H groups in total. The summed E-state index contributed by atoms with van der Waals surface area (Å²) in [6.07, 6.45) is 0. The van der Waals surface area contributed by atoms with Crippen LogP contribution in [0.2, 0.25) is 0 Å². The van der Waals surface area contributed by atoms with Gasteiger partial charge in [-0.05, 0) is 39.0 Å². The summed E-state index contributed by atoms with van der Waals surface area (Å²) in [6, 6.07) is 6.86. The highest BCUT2D eigenvalue weighted by Gasteiger charge is 2.30. The zero-order valence-electron chi connectivity index (χ0n) is 14.0. The molecule has 4 rings (SSSR count). The molecule has 128 valence electrons. The first-order chi connectivity index (χ1) is 11.9. The zero-order chi connectivity index (χ0) is 17.7. The number of rotatable bonds is 2. The first kappa shape index (κ1) is 15.4. The molecule has 0 saturated heterocycles. The average molecular weight is 339 g/mol. The minimum absolute atomic E-state index is 0.0204. The minimum Gasteiger partial charge on any atom is -0.360 e. The Morgan fingerprint density at radius 3 is 2.84 bits per heavy atom. The molecule has 25 heavy (non-hydrogen) atoms. The van der Waals surface area contributed by atoms with Gasteiger partial charge in [0.05, 0.1) is 6.04 Å². The number of carbonyl (C=O) groups is 2. The molecule has 3 aromatic heterocycles. The number of hydrogen-bond acceptors (Lipinski definition) is 5. The summed E-state index contributed by atoms with van der Waals surface area (Å²) in [7, 11) is 0. The number of fused-ring (bicyclic) bond motifs is 3. The van der Waals surface area contributed by atoms with E-state index in [4.69, 9.17) is 4.52 Å².